The van der Waals surface area contributed by atoms with Crippen LogP contribution < -0.4 is 5.32 Å². The molecule has 0 aliphatic heterocycles. The van der Waals surface area contributed by atoms with Gasteiger partial charge in [-0.25, -0.2) is 0 Å². The van der Waals surface area contributed by atoms with Gasteiger partial charge in [-0.3, -0.25) is 4.79 Å². The third-order valence-corrected chi connectivity index (χ3v) is 0.756. The van der Waals surface area contributed by atoms with Gasteiger partial charge in [0.1, 0.15) is 6.61 Å². The molecule has 0 fully saturated rings. The number of carbonyl (C=O) groups excluding carboxylic acids is 1. The molecule has 0 heterocycles. The van der Waals surface area contributed by atoms with E-state index in [0.29, 0.717) is 13.2 Å². The van der Waals surface area contributed by atoms with Crippen LogP contribution in [0.25, 0.3) is 0 Å². The van der Waals surface area contributed by atoms with E-state index in [4.69, 9.17) is 0 Å². The molecule has 56 valence electrons. The highest BCUT2D eigenvalue weighted by atomic mass is 16.5. The van der Waals surface area contributed by atoms with Gasteiger partial charge in [-0.05, 0) is 12.8 Å². The van der Waals surface area contributed by atoms with Gasteiger partial charge in [-0.1, -0.05) is 5.92 Å². The topological polar surface area (TPSA) is 38.3 Å². The van der Waals surface area contributed by atoms with Crippen LogP contribution >= 0.6 is 0 Å². The second-order valence-corrected chi connectivity index (χ2v) is 1.59. The van der Waals surface area contributed by atoms with Gasteiger partial charge in [0.2, 0.25) is 0 Å². The molecule has 0 aromatic heterocycles. The summed E-state index contributed by atoms with van der Waals surface area (Å²) >= 11 is 0. The lowest BCUT2D eigenvalue weighted by atomic mass is 10.5. The Morgan fingerprint density at radius 2 is 2.40 bits per heavy atom. The van der Waals surface area contributed by atoms with E-state index in [0.717, 1.165) is 0 Å². The molecular weight excluding hydrogens is 130 g/mol. The summed E-state index contributed by atoms with van der Waals surface area (Å²) in [7, 11) is 1.53. The van der Waals surface area contributed by atoms with Crippen molar-refractivity contribution in [2.75, 3.05) is 20.3 Å². The minimum atomic E-state index is -0.250. The third kappa shape index (κ3) is 5.13. The summed E-state index contributed by atoms with van der Waals surface area (Å²) in [6.45, 7) is 2.76. The van der Waals surface area contributed by atoms with Crippen LogP contribution in [0.4, 0.5) is 0 Å². The fourth-order valence-corrected chi connectivity index (χ4v) is 0.393. The van der Waals surface area contributed by atoms with Crippen molar-refractivity contribution in [2.45, 2.75) is 6.92 Å². The first kappa shape index (κ1) is 8.99. The molecule has 0 aromatic rings. The number of carbonyl (C=O) groups is 1. The van der Waals surface area contributed by atoms with Crippen LogP contribution in [0.3, 0.4) is 0 Å². The van der Waals surface area contributed by atoms with E-state index in [1.54, 1.807) is 0 Å². The van der Waals surface area contributed by atoms with Crippen molar-refractivity contribution in [3.05, 3.63) is 0 Å². The highest BCUT2D eigenvalue weighted by Gasteiger charge is 1.87. The molecule has 1 amide bonds. The molecule has 3 heteroatoms. The fraction of sp³-hybridized carbons (Fsp3) is 0.571. The van der Waals surface area contributed by atoms with Gasteiger partial charge in [-0.15, -0.1) is 0 Å². The smallest absolute Gasteiger partial charge is 0.295 e. The van der Waals surface area contributed by atoms with E-state index in [2.05, 4.69) is 21.9 Å². The largest absolute Gasteiger partial charge is 0.372 e. The number of nitrogens with one attached hydrogen (secondary N) is 1. The first-order valence-corrected chi connectivity index (χ1v) is 3.07. The van der Waals surface area contributed by atoms with Gasteiger partial charge in [0.15, 0.2) is 0 Å². The Morgan fingerprint density at radius 3 is 2.90 bits per heavy atom. The maximum Gasteiger partial charge on any atom is 0.295 e. The average Bonchev–Trinajstić information content (AvgIpc) is 1.89. The summed E-state index contributed by atoms with van der Waals surface area (Å²) in [5, 5.41) is 2.54. The maximum absolute atomic E-state index is 10.6. The van der Waals surface area contributed by atoms with Crippen molar-refractivity contribution in [1.82, 2.24) is 5.32 Å². The van der Waals surface area contributed by atoms with Crippen LogP contribution in [0.5, 0.6) is 0 Å². The number of amides is 1. The molecule has 0 unspecified atom stereocenters. The SMILES string of the molecule is CCNC(=O)C#CCOC. The molecule has 0 aliphatic rings. The predicted molar refractivity (Wildman–Crippen MR) is 38.3 cm³/mol. The van der Waals surface area contributed by atoms with Crippen LogP contribution in [-0.2, 0) is 9.53 Å². The number of methoxy groups -OCH3 is 1. The molecule has 0 aromatic carbocycles. The average molecular weight is 141 g/mol. The van der Waals surface area contributed by atoms with Crippen molar-refractivity contribution in [3.63, 3.8) is 0 Å². The van der Waals surface area contributed by atoms with E-state index in [1.807, 2.05) is 6.92 Å². The first-order valence-electron chi connectivity index (χ1n) is 3.07. The molecule has 10 heavy (non-hydrogen) atoms. The number of hydrogen-bond acceptors (Lipinski definition) is 2. The van der Waals surface area contributed by atoms with E-state index in [-0.39, 0.29) is 5.91 Å². The van der Waals surface area contributed by atoms with Crippen LogP contribution in [-0.4, -0.2) is 26.2 Å². The standard InChI is InChI=1S/C7H11NO2/c1-3-8-7(9)5-4-6-10-2/h3,6H2,1-2H3,(H,8,9). The maximum atomic E-state index is 10.6. The predicted octanol–water partition coefficient (Wildman–Crippen LogP) is -0.228. The zero-order valence-corrected chi connectivity index (χ0v) is 6.23. The van der Waals surface area contributed by atoms with Crippen molar-refractivity contribution < 1.29 is 9.53 Å². The minimum absolute atomic E-state index is 0.250. The highest BCUT2D eigenvalue weighted by Crippen LogP contribution is 1.63. The van der Waals surface area contributed by atoms with E-state index >= 15 is 0 Å². The third-order valence-electron chi connectivity index (χ3n) is 0.756. The van der Waals surface area contributed by atoms with E-state index in [9.17, 15) is 4.79 Å². The van der Waals surface area contributed by atoms with Gasteiger partial charge in [0.25, 0.3) is 5.91 Å². The molecule has 0 aliphatic carbocycles. The summed E-state index contributed by atoms with van der Waals surface area (Å²) < 4.78 is 4.62. The molecule has 3 nitrogen and oxygen atoms in total. The van der Waals surface area contributed by atoms with Crippen LogP contribution in [0.15, 0.2) is 0 Å². The second kappa shape index (κ2) is 6.12. The van der Waals surface area contributed by atoms with Crippen molar-refractivity contribution >= 4 is 5.91 Å². The Morgan fingerprint density at radius 1 is 1.70 bits per heavy atom. The van der Waals surface area contributed by atoms with Gasteiger partial charge >= 0.3 is 0 Å². The van der Waals surface area contributed by atoms with Crippen LogP contribution in [0.1, 0.15) is 6.92 Å². The Hall–Kier alpha value is -1.01. The monoisotopic (exact) mass is 141 g/mol. The zero-order chi connectivity index (χ0) is 7.82. The minimum Gasteiger partial charge on any atom is -0.372 e. The fourth-order valence-electron chi connectivity index (χ4n) is 0.393. The molecule has 0 radical (unpaired) electrons. The highest BCUT2D eigenvalue weighted by molar-refractivity contribution is 5.93. The van der Waals surface area contributed by atoms with Crippen LogP contribution in [0.2, 0.25) is 0 Å². The lowest BCUT2D eigenvalue weighted by Crippen LogP contribution is -2.20. The summed E-state index contributed by atoms with van der Waals surface area (Å²) in [5.74, 6) is 4.64. The summed E-state index contributed by atoms with van der Waals surface area (Å²) in [5.41, 5.74) is 0. The number of hydrogen-bond donors (Lipinski definition) is 1. The Bertz CT molecular complexity index is 155. The lowest BCUT2D eigenvalue weighted by molar-refractivity contribution is -0.115. The molecule has 0 rings (SSSR count). The van der Waals surface area contributed by atoms with Gasteiger partial charge in [0.05, 0.1) is 0 Å². The quantitative estimate of drug-likeness (QED) is 0.539. The van der Waals surface area contributed by atoms with Crippen molar-refractivity contribution in [3.8, 4) is 11.8 Å². The Kier molecular flexibility index (Phi) is 5.50. The molecule has 0 bridgehead atoms. The van der Waals surface area contributed by atoms with Gasteiger partial charge < -0.3 is 10.1 Å². The van der Waals surface area contributed by atoms with Crippen LogP contribution in [0, 0.1) is 11.8 Å². The molecule has 0 saturated heterocycles. The van der Waals surface area contributed by atoms with Gasteiger partial charge in [0, 0.05) is 13.7 Å². The summed E-state index contributed by atoms with van der Waals surface area (Å²) in [6, 6.07) is 0. The normalized spacial score (nSPS) is 7.80. The van der Waals surface area contributed by atoms with Crippen molar-refractivity contribution in [1.29, 1.82) is 0 Å². The van der Waals surface area contributed by atoms with E-state index < -0.39 is 0 Å². The number of rotatable bonds is 2. The molecule has 0 saturated carbocycles. The summed E-state index contributed by atoms with van der Waals surface area (Å²) in [6.07, 6.45) is 0. The first-order chi connectivity index (χ1) is 4.81. The number of ether oxygens (including phenoxy) is 1. The van der Waals surface area contributed by atoms with E-state index in [1.165, 1.54) is 7.11 Å². The van der Waals surface area contributed by atoms with Crippen molar-refractivity contribution in [2.24, 2.45) is 0 Å². The molecule has 1 N–H and O–H groups in total. The van der Waals surface area contributed by atoms with Gasteiger partial charge in [-0.2, -0.15) is 0 Å². The molecule has 0 spiro atoms. The molecular formula is C7H11NO2. The zero-order valence-electron chi connectivity index (χ0n) is 6.23. The lowest BCUT2D eigenvalue weighted by Gasteiger charge is -1.90. The Labute approximate surface area is 60.8 Å². The molecule has 0 atom stereocenters. The Balaban J connectivity index is 3.48. The second-order valence-electron chi connectivity index (χ2n) is 1.59. The summed E-state index contributed by atoms with van der Waals surface area (Å²) in [4.78, 5) is 10.6.